The number of nitrogens with zero attached hydrogens (tertiary/aromatic N) is 2. The van der Waals surface area contributed by atoms with Crippen LogP contribution in [0.3, 0.4) is 0 Å². The van der Waals surface area contributed by atoms with Crippen molar-refractivity contribution in [2.45, 2.75) is 31.6 Å². The number of carbonyl (C=O) groups is 1. The summed E-state index contributed by atoms with van der Waals surface area (Å²) in [5.41, 5.74) is 1.14. The molecule has 8 heteroatoms. The van der Waals surface area contributed by atoms with Crippen LogP contribution in [0.1, 0.15) is 30.4 Å². The summed E-state index contributed by atoms with van der Waals surface area (Å²) in [7, 11) is -1.78. The fourth-order valence-electron chi connectivity index (χ4n) is 4.76. The summed E-state index contributed by atoms with van der Waals surface area (Å²) in [6, 6.07) is 26.1. The molecule has 196 valence electrons. The normalized spacial score (nSPS) is 18.3. The fraction of sp³-hybridized carbons (Fsp3) is 0.345. The molecule has 3 aromatic rings. The van der Waals surface area contributed by atoms with Gasteiger partial charge in [-0.25, -0.2) is 12.7 Å². The lowest BCUT2D eigenvalue weighted by Crippen LogP contribution is -2.50. The third kappa shape index (κ3) is 7.57. The van der Waals surface area contributed by atoms with E-state index in [2.05, 4.69) is 0 Å². The highest BCUT2D eigenvalue weighted by Crippen LogP contribution is 2.37. The standard InChI is InChI=1S/C29H33ClN2O4S/c1-31(20-24-9-4-2-5-10-24)28(33)19-29(23-36-27-15-13-26(30)14-16-27)17-8-18-32(22-29)37(34,35)21-25-11-6-3-7-12-25/h2-7,9-16H,8,17-23H2,1H3/t29-/m0/s1. The number of hydrogen-bond acceptors (Lipinski definition) is 4. The highest BCUT2D eigenvalue weighted by atomic mass is 35.5. The van der Waals surface area contributed by atoms with Crippen LogP contribution in [0.2, 0.25) is 5.02 Å². The number of sulfonamides is 1. The lowest BCUT2D eigenvalue weighted by atomic mass is 9.78. The molecule has 0 aromatic heterocycles. The maximum atomic E-state index is 13.4. The fourth-order valence-corrected chi connectivity index (χ4v) is 6.56. The van der Waals surface area contributed by atoms with Gasteiger partial charge in [-0.05, 0) is 48.2 Å². The van der Waals surface area contributed by atoms with E-state index in [1.807, 2.05) is 60.7 Å². The van der Waals surface area contributed by atoms with Crippen molar-refractivity contribution in [3.05, 3.63) is 101 Å². The summed E-state index contributed by atoms with van der Waals surface area (Å²) < 4.78 is 34.5. The highest BCUT2D eigenvalue weighted by molar-refractivity contribution is 7.88. The molecular weight excluding hydrogens is 508 g/mol. The van der Waals surface area contributed by atoms with Crippen LogP contribution >= 0.6 is 11.6 Å². The van der Waals surface area contributed by atoms with E-state index in [4.69, 9.17) is 16.3 Å². The lowest BCUT2D eigenvalue weighted by Gasteiger charge is -2.42. The van der Waals surface area contributed by atoms with Gasteiger partial charge in [-0.15, -0.1) is 0 Å². The van der Waals surface area contributed by atoms with Gasteiger partial charge in [-0.1, -0.05) is 72.3 Å². The largest absolute Gasteiger partial charge is 0.493 e. The minimum Gasteiger partial charge on any atom is -0.493 e. The first kappa shape index (κ1) is 27.2. The Kier molecular flexibility index (Phi) is 8.90. The van der Waals surface area contributed by atoms with Crippen molar-refractivity contribution in [2.75, 3.05) is 26.7 Å². The molecule has 1 aliphatic heterocycles. The molecule has 1 heterocycles. The van der Waals surface area contributed by atoms with E-state index in [0.717, 1.165) is 11.1 Å². The molecular formula is C29H33ClN2O4S. The average Bonchev–Trinajstić information content (AvgIpc) is 2.89. The van der Waals surface area contributed by atoms with E-state index in [1.165, 1.54) is 0 Å². The number of rotatable bonds is 10. The van der Waals surface area contributed by atoms with Crippen LogP contribution in [0.25, 0.3) is 0 Å². The summed E-state index contributed by atoms with van der Waals surface area (Å²) in [6.07, 6.45) is 1.55. The molecule has 0 unspecified atom stereocenters. The first-order valence-electron chi connectivity index (χ1n) is 12.4. The lowest BCUT2D eigenvalue weighted by molar-refractivity contribution is -0.134. The Morgan fingerprint density at radius 1 is 0.973 bits per heavy atom. The van der Waals surface area contributed by atoms with Gasteiger partial charge in [-0.3, -0.25) is 4.79 Å². The van der Waals surface area contributed by atoms with Crippen molar-refractivity contribution in [1.82, 2.24) is 9.21 Å². The molecule has 37 heavy (non-hydrogen) atoms. The molecule has 1 atom stereocenters. The Labute approximate surface area is 224 Å². The maximum absolute atomic E-state index is 13.4. The highest BCUT2D eigenvalue weighted by Gasteiger charge is 2.42. The number of amides is 1. The predicted molar refractivity (Wildman–Crippen MR) is 147 cm³/mol. The van der Waals surface area contributed by atoms with Gasteiger partial charge in [0.25, 0.3) is 0 Å². The number of hydrogen-bond donors (Lipinski definition) is 0. The van der Waals surface area contributed by atoms with Crippen molar-refractivity contribution in [3.63, 3.8) is 0 Å². The number of halogens is 1. The van der Waals surface area contributed by atoms with Crippen LogP contribution in [0.15, 0.2) is 84.9 Å². The predicted octanol–water partition coefficient (Wildman–Crippen LogP) is 5.38. The number of carbonyl (C=O) groups excluding carboxylic acids is 1. The zero-order valence-corrected chi connectivity index (χ0v) is 22.6. The molecule has 0 aliphatic carbocycles. The second kappa shape index (κ2) is 12.1. The molecule has 1 aliphatic rings. The third-order valence-electron chi connectivity index (χ3n) is 6.78. The molecule has 4 rings (SSSR count). The summed E-state index contributed by atoms with van der Waals surface area (Å²) in [4.78, 5) is 15.1. The Morgan fingerprint density at radius 2 is 1.59 bits per heavy atom. The number of benzene rings is 3. The smallest absolute Gasteiger partial charge is 0.223 e. The zero-order valence-electron chi connectivity index (χ0n) is 21.1. The molecule has 1 fully saturated rings. The van der Waals surface area contributed by atoms with E-state index in [0.29, 0.717) is 36.7 Å². The minimum atomic E-state index is -3.57. The van der Waals surface area contributed by atoms with Crippen LogP contribution in [-0.4, -0.2) is 50.3 Å². The van der Waals surface area contributed by atoms with E-state index >= 15 is 0 Å². The van der Waals surface area contributed by atoms with Gasteiger partial charge in [0.2, 0.25) is 15.9 Å². The molecule has 0 N–H and O–H groups in total. The topological polar surface area (TPSA) is 66.9 Å². The minimum absolute atomic E-state index is 0.0362. The zero-order chi connectivity index (χ0) is 26.3. The Balaban J connectivity index is 1.53. The Hall–Kier alpha value is -2.87. The van der Waals surface area contributed by atoms with Crippen LogP contribution < -0.4 is 4.74 Å². The van der Waals surface area contributed by atoms with Crippen LogP contribution in [0.5, 0.6) is 5.75 Å². The van der Waals surface area contributed by atoms with Crippen LogP contribution in [0.4, 0.5) is 0 Å². The summed E-state index contributed by atoms with van der Waals surface area (Å²) in [5, 5.41) is 0.607. The molecule has 0 bridgehead atoms. The third-order valence-corrected chi connectivity index (χ3v) is 8.83. The average molecular weight is 541 g/mol. The second-order valence-electron chi connectivity index (χ2n) is 9.83. The SMILES string of the molecule is CN(Cc1ccccc1)C(=O)C[C@@]1(COc2ccc(Cl)cc2)CCCN(S(=O)(=O)Cc2ccccc2)C1. The summed E-state index contributed by atoms with van der Waals surface area (Å²) >= 11 is 6.01. The summed E-state index contributed by atoms with van der Waals surface area (Å²) in [5.74, 6) is 0.535. The van der Waals surface area contributed by atoms with Crippen LogP contribution in [0, 0.1) is 5.41 Å². The molecule has 6 nitrogen and oxygen atoms in total. The first-order valence-corrected chi connectivity index (χ1v) is 14.4. The molecule has 1 amide bonds. The van der Waals surface area contributed by atoms with Gasteiger partial charge < -0.3 is 9.64 Å². The van der Waals surface area contributed by atoms with Crippen molar-refractivity contribution in [1.29, 1.82) is 0 Å². The van der Waals surface area contributed by atoms with Crippen LogP contribution in [-0.2, 0) is 27.1 Å². The van der Waals surface area contributed by atoms with Gasteiger partial charge in [0.1, 0.15) is 5.75 Å². The maximum Gasteiger partial charge on any atom is 0.223 e. The molecule has 0 radical (unpaired) electrons. The van der Waals surface area contributed by atoms with E-state index < -0.39 is 15.4 Å². The van der Waals surface area contributed by atoms with Gasteiger partial charge in [0.15, 0.2) is 0 Å². The second-order valence-corrected chi connectivity index (χ2v) is 12.2. The van der Waals surface area contributed by atoms with Gasteiger partial charge in [0.05, 0.1) is 12.4 Å². The molecule has 1 saturated heterocycles. The van der Waals surface area contributed by atoms with Gasteiger partial charge in [-0.2, -0.15) is 0 Å². The van der Waals surface area contributed by atoms with Gasteiger partial charge in [0, 0.05) is 43.5 Å². The first-order chi connectivity index (χ1) is 17.7. The Morgan fingerprint density at radius 3 is 2.24 bits per heavy atom. The van der Waals surface area contributed by atoms with Crippen molar-refractivity contribution in [2.24, 2.45) is 5.41 Å². The van der Waals surface area contributed by atoms with Crippen molar-refractivity contribution >= 4 is 27.5 Å². The van der Waals surface area contributed by atoms with E-state index in [-0.39, 0.29) is 31.2 Å². The monoisotopic (exact) mass is 540 g/mol. The van der Waals surface area contributed by atoms with E-state index in [1.54, 1.807) is 40.5 Å². The molecule has 0 spiro atoms. The Bertz CT molecular complexity index is 1270. The van der Waals surface area contributed by atoms with Crippen molar-refractivity contribution in [3.8, 4) is 5.75 Å². The van der Waals surface area contributed by atoms with Gasteiger partial charge >= 0.3 is 0 Å². The number of ether oxygens (including phenoxy) is 1. The molecule has 0 saturated carbocycles. The molecule has 3 aromatic carbocycles. The van der Waals surface area contributed by atoms with E-state index in [9.17, 15) is 13.2 Å². The number of piperidine rings is 1. The van der Waals surface area contributed by atoms with Crippen molar-refractivity contribution < 1.29 is 17.9 Å². The quantitative estimate of drug-likeness (QED) is 0.346. The summed E-state index contributed by atoms with van der Waals surface area (Å²) in [6.45, 7) is 1.40.